The van der Waals surface area contributed by atoms with E-state index in [1.54, 1.807) is 23.1 Å². The number of hydrogen-bond acceptors (Lipinski definition) is 7. The van der Waals surface area contributed by atoms with E-state index < -0.39 is 0 Å². The van der Waals surface area contributed by atoms with E-state index in [1.807, 2.05) is 18.6 Å². The molecule has 0 atom stereocenters. The first kappa shape index (κ1) is 12.2. The maximum atomic E-state index is 8.66. The minimum atomic E-state index is 0.679. The van der Waals surface area contributed by atoms with Gasteiger partial charge in [0.25, 0.3) is 0 Å². The highest BCUT2D eigenvalue weighted by Gasteiger charge is 2.16. The Hall–Kier alpha value is -1.26. The molecule has 5 nitrogen and oxygen atoms in total. The highest BCUT2D eigenvalue weighted by atomic mass is 32.2. The summed E-state index contributed by atoms with van der Waals surface area (Å²) in [5, 5.41) is 11.3. The van der Waals surface area contributed by atoms with Gasteiger partial charge in [0.1, 0.15) is 4.34 Å². The molecular formula is C10H13N5S2. The van der Waals surface area contributed by atoms with Gasteiger partial charge in [-0.25, -0.2) is 4.98 Å². The van der Waals surface area contributed by atoms with Crippen LogP contribution in [0.3, 0.4) is 0 Å². The number of aliphatic imine (C=N–C) groups is 1. The molecule has 1 N–H and O–H groups in total. The number of nitrogens with one attached hydrogen (secondary N) is 1. The number of guanidine groups is 1. The van der Waals surface area contributed by atoms with E-state index in [4.69, 9.17) is 5.26 Å². The summed E-state index contributed by atoms with van der Waals surface area (Å²) in [6.07, 6.45) is 6.88. The van der Waals surface area contributed by atoms with E-state index >= 15 is 0 Å². The van der Waals surface area contributed by atoms with Crippen molar-refractivity contribution in [3.63, 3.8) is 0 Å². The first-order valence-electron chi connectivity index (χ1n) is 5.26. The van der Waals surface area contributed by atoms with Gasteiger partial charge in [0.05, 0.1) is 6.54 Å². The van der Waals surface area contributed by atoms with Crippen LogP contribution in [0.25, 0.3) is 0 Å². The molecule has 0 saturated heterocycles. The van der Waals surface area contributed by atoms with Gasteiger partial charge >= 0.3 is 0 Å². The zero-order valence-electron chi connectivity index (χ0n) is 9.51. The molecule has 1 aromatic rings. The smallest absolute Gasteiger partial charge is 0.207 e. The van der Waals surface area contributed by atoms with E-state index in [0.29, 0.717) is 5.96 Å². The molecule has 0 amide bonds. The van der Waals surface area contributed by atoms with Gasteiger partial charge in [0.15, 0.2) is 6.19 Å². The molecule has 2 heterocycles. The Bertz CT molecular complexity index is 448. The third kappa shape index (κ3) is 3.11. The van der Waals surface area contributed by atoms with Gasteiger partial charge in [0, 0.05) is 24.2 Å². The summed E-state index contributed by atoms with van der Waals surface area (Å²) in [5.74, 6) is 0.679. The lowest BCUT2D eigenvalue weighted by Crippen LogP contribution is -2.42. The predicted molar refractivity (Wildman–Crippen MR) is 70.0 cm³/mol. The molecule has 7 heteroatoms. The number of thioether (sulfide) groups is 1. The van der Waals surface area contributed by atoms with Crippen LogP contribution in [0.5, 0.6) is 0 Å². The van der Waals surface area contributed by atoms with Gasteiger partial charge in [0.2, 0.25) is 5.96 Å². The summed E-state index contributed by atoms with van der Waals surface area (Å²) in [5.41, 5.74) is 0. The normalized spacial score (nSPS) is 15.3. The largest absolute Gasteiger partial charge is 0.337 e. The lowest BCUT2D eigenvalue weighted by Gasteiger charge is -2.27. The van der Waals surface area contributed by atoms with Gasteiger partial charge in [-0.05, 0) is 12.7 Å². The molecule has 0 saturated carbocycles. The minimum absolute atomic E-state index is 0.679. The summed E-state index contributed by atoms with van der Waals surface area (Å²) >= 11 is 3.34. The number of nitrogens with zero attached hydrogens (tertiary/aromatic N) is 4. The minimum Gasteiger partial charge on any atom is -0.337 e. The second-order valence-corrected chi connectivity index (χ2v) is 5.68. The van der Waals surface area contributed by atoms with Crippen LogP contribution in [-0.4, -0.2) is 35.2 Å². The quantitative estimate of drug-likeness (QED) is 0.511. The maximum absolute atomic E-state index is 8.66. The third-order valence-electron chi connectivity index (χ3n) is 2.37. The molecule has 0 fully saturated rings. The van der Waals surface area contributed by atoms with Gasteiger partial charge < -0.3 is 4.90 Å². The first-order valence-corrected chi connectivity index (χ1v) is 7.31. The molecule has 0 unspecified atom stereocenters. The number of rotatable bonds is 3. The van der Waals surface area contributed by atoms with Crippen LogP contribution >= 0.6 is 23.1 Å². The van der Waals surface area contributed by atoms with E-state index in [1.165, 1.54) is 4.88 Å². The average Bonchev–Trinajstić information content (AvgIpc) is 2.80. The molecule has 0 radical (unpaired) electrons. The standard InChI is InChI=1S/C10H13N5S2/c1-16-10-13-5-8(17-10)6-15-4-2-3-12-9(15)14-7-11/h5H,2-4,6H2,1H3,(H,12,14). The second-order valence-electron chi connectivity index (χ2n) is 3.51. The van der Waals surface area contributed by atoms with Crippen molar-refractivity contribution in [2.75, 3.05) is 19.3 Å². The van der Waals surface area contributed by atoms with Crippen LogP contribution in [0.2, 0.25) is 0 Å². The highest BCUT2D eigenvalue weighted by molar-refractivity contribution is 8.00. The van der Waals surface area contributed by atoms with Crippen LogP contribution in [0, 0.1) is 11.5 Å². The van der Waals surface area contributed by atoms with Crippen LogP contribution < -0.4 is 5.32 Å². The Balaban J connectivity index is 2.04. The van der Waals surface area contributed by atoms with E-state index in [9.17, 15) is 0 Å². The monoisotopic (exact) mass is 267 g/mol. The van der Waals surface area contributed by atoms with E-state index in [2.05, 4.69) is 20.2 Å². The van der Waals surface area contributed by atoms with E-state index in [-0.39, 0.29) is 0 Å². The van der Waals surface area contributed by atoms with Crippen molar-refractivity contribution in [3.8, 4) is 6.19 Å². The molecule has 17 heavy (non-hydrogen) atoms. The Labute approximate surface area is 109 Å². The Morgan fingerprint density at radius 3 is 3.29 bits per heavy atom. The zero-order valence-corrected chi connectivity index (χ0v) is 11.1. The van der Waals surface area contributed by atoms with Crippen molar-refractivity contribution in [2.45, 2.75) is 17.3 Å². The molecule has 0 aliphatic carbocycles. The molecule has 0 aromatic carbocycles. The topological polar surface area (TPSA) is 64.3 Å². The summed E-state index contributed by atoms with van der Waals surface area (Å²) < 4.78 is 1.07. The summed E-state index contributed by atoms with van der Waals surface area (Å²) in [6, 6.07) is 0. The van der Waals surface area contributed by atoms with Crippen LogP contribution in [0.4, 0.5) is 0 Å². The number of nitriles is 1. The van der Waals surface area contributed by atoms with Gasteiger partial charge in [-0.1, -0.05) is 11.8 Å². The van der Waals surface area contributed by atoms with Gasteiger partial charge in [-0.15, -0.1) is 11.3 Å². The van der Waals surface area contributed by atoms with Crippen molar-refractivity contribution in [1.29, 1.82) is 5.26 Å². The Morgan fingerprint density at radius 1 is 1.71 bits per heavy atom. The van der Waals surface area contributed by atoms with Crippen molar-refractivity contribution in [1.82, 2.24) is 15.2 Å². The Kier molecular flexibility index (Phi) is 4.23. The molecule has 90 valence electrons. The number of thiazole rings is 1. The molecule has 0 bridgehead atoms. The van der Waals surface area contributed by atoms with Crippen LogP contribution in [0.1, 0.15) is 11.3 Å². The second kappa shape index (κ2) is 5.89. The lowest BCUT2D eigenvalue weighted by atomic mass is 10.3. The lowest BCUT2D eigenvalue weighted by molar-refractivity contribution is 0.381. The highest BCUT2D eigenvalue weighted by Crippen LogP contribution is 2.23. The van der Waals surface area contributed by atoms with E-state index in [0.717, 1.165) is 30.4 Å². The zero-order chi connectivity index (χ0) is 12.1. The molecular weight excluding hydrogens is 254 g/mol. The van der Waals surface area contributed by atoms with Crippen LogP contribution in [0.15, 0.2) is 15.5 Å². The fraction of sp³-hybridized carbons (Fsp3) is 0.500. The van der Waals surface area contributed by atoms with Gasteiger partial charge in [-0.2, -0.15) is 5.26 Å². The summed E-state index contributed by atoms with van der Waals surface area (Å²) in [7, 11) is 0. The maximum Gasteiger partial charge on any atom is 0.207 e. The molecule has 1 aliphatic heterocycles. The predicted octanol–water partition coefficient (Wildman–Crippen LogP) is 1.50. The molecule has 1 aliphatic rings. The summed E-state index contributed by atoms with van der Waals surface area (Å²) in [6.45, 7) is 2.49. The SMILES string of the molecule is CSc1ncc(CN2CCCN=C2NC#N)s1. The summed E-state index contributed by atoms with van der Waals surface area (Å²) in [4.78, 5) is 11.9. The molecule has 1 aromatic heterocycles. The number of hydrogen-bond donors (Lipinski definition) is 1. The third-order valence-corrected chi connectivity index (χ3v) is 4.35. The van der Waals surface area contributed by atoms with Crippen molar-refractivity contribution in [3.05, 3.63) is 11.1 Å². The number of aromatic nitrogens is 1. The fourth-order valence-corrected chi connectivity index (χ4v) is 3.09. The molecule has 2 rings (SSSR count). The van der Waals surface area contributed by atoms with Crippen molar-refractivity contribution < 1.29 is 0 Å². The fourth-order valence-electron chi connectivity index (χ4n) is 1.62. The first-order chi connectivity index (χ1) is 8.33. The van der Waals surface area contributed by atoms with Crippen molar-refractivity contribution in [2.24, 2.45) is 4.99 Å². The molecule has 0 spiro atoms. The van der Waals surface area contributed by atoms with Crippen LogP contribution in [-0.2, 0) is 6.54 Å². The Morgan fingerprint density at radius 2 is 2.59 bits per heavy atom. The average molecular weight is 267 g/mol. The van der Waals surface area contributed by atoms with Crippen molar-refractivity contribution >= 4 is 29.1 Å². The van der Waals surface area contributed by atoms with Gasteiger partial charge in [-0.3, -0.25) is 10.3 Å².